The van der Waals surface area contributed by atoms with Crippen molar-refractivity contribution in [3.05, 3.63) is 15.9 Å². The molecule has 3 nitrogen and oxygen atoms in total. The van der Waals surface area contributed by atoms with Crippen LogP contribution in [0.5, 0.6) is 5.06 Å². The molecule has 0 amide bonds. The Morgan fingerprint density at radius 3 is 3.00 bits per heavy atom. The van der Waals surface area contributed by atoms with Crippen molar-refractivity contribution in [2.24, 2.45) is 0 Å². The van der Waals surface area contributed by atoms with Gasteiger partial charge in [0.2, 0.25) is 0 Å². The summed E-state index contributed by atoms with van der Waals surface area (Å²) in [6.45, 7) is 2.05. The monoisotopic (exact) mass is 250 g/mol. The van der Waals surface area contributed by atoms with E-state index in [-0.39, 0.29) is 0 Å². The molecule has 0 bridgehead atoms. The second-order valence-electron chi connectivity index (χ2n) is 1.87. The third-order valence-corrected chi connectivity index (χ3v) is 2.56. The molecule has 0 N–H and O–H groups in total. The van der Waals surface area contributed by atoms with Gasteiger partial charge in [0.05, 0.1) is 6.61 Å². The van der Waals surface area contributed by atoms with Crippen molar-refractivity contribution in [2.75, 3.05) is 6.61 Å². The van der Waals surface area contributed by atoms with Crippen LogP contribution in [0.25, 0.3) is 0 Å². The molecule has 0 aliphatic carbocycles. The zero-order valence-electron chi connectivity index (χ0n) is 6.37. The second kappa shape index (κ2) is 4.47. The van der Waals surface area contributed by atoms with Crippen molar-refractivity contribution in [3.63, 3.8) is 0 Å². The molecule has 66 valence electrons. The van der Waals surface area contributed by atoms with Crippen molar-refractivity contribution in [2.45, 2.75) is 6.92 Å². The lowest BCUT2D eigenvalue weighted by molar-refractivity contribution is 0.105. The molecule has 0 aliphatic rings. The summed E-state index contributed by atoms with van der Waals surface area (Å²) in [6.07, 6.45) is -0.660. The Morgan fingerprint density at radius 1 is 1.75 bits per heavy atom. The molecule has 1 aromatic heterocycles. The SMILES string of the molecule is CCOC(=O)Oc1cc(Br)cs1. The van der Waals surface area contributed by atoms with Gasteiger partial charge < -0.3 is 9.47 Å². The minimum absolute atomic E-state index is 0.325. The number of halogens is 1. The van der Waals surface area contributed by atoms with Crippen molar-refractivity contribution < 1.29 is 14.3 Å². The standard InChI is InChI=1S/C7H7BrO3S/c1-2-10-7(9)11-6-3-5(8)4-12-6/h3-4H,2H2,1H3. The number of carbonyl (C=O) groups is 1. The lowest BCUT2D eigenvalue weighted by Crippen LogP contribution is -2.08. The molecule has 0 unspecified atom stereocenters. The fourth-order valence-corrected chi connectivity index (χ4v) is 1.83. The maximum absolute atomic E-state index is 10.8. The quantitative estimate of drug-likeness (QED) is 0.758. The van der Waals surface area contributed by atoms with E-state index in [2.05, 4.69) is 20.7 Å². The van der Waals surface area contributed by atoms with Crippen LogP contribution in [0.1, 0.15) is 6.92 Å². The number of ether oxygens (including phenoxy) is 2. The molecule has 12 heavy (non-hydrogen) atoms. The van der Waals surface area contributed by atoms with Gasteiger partial charge in [-0.25, -0.2) is 4.79 Å². The number of hydrogen-bond donors (Lipinski definition) is 0. The highest BCUT2D eigenvalue weighted by Gasteiger charge is 2.06. The molecule has 1 heterocycles. The number of carbonyl (C=O) groups excluding carboxylic acids is 1. The van der Waals surface area contributed by atoms with E-state index in [0.29, 0.717) is 11.7 Å². The molecule has 0 aromatic carbocycles. The summed E-state index contributed by atoms with van der Waals surface area (Å²) in [5.41, 5.74) is 0. The maximum Gasteiger partial charge on any atom is 0.514 e. The van der Waals surface area contributed by atoms with Gasteiger partial charge in [0.1, 0.15) is 0 Å². The van der Waals surface area contributed by atoms with E-state index >= 15 is 0 Å². The van der Waals surface area contributed by atoms with E-state index < -0.39 is 6.16 Å². The molecule has 0 aliphatic heterocycles. The Morgan fingerprint density at radius 2 is 2.50 bits per heavy atom. The first-order valence-electron chi connectivity index (χ1n) is 3.31. The average molecular weight is 251 g/mol. The van der Waals surface area contributed by atoms with Crippen LogP contribution in [0, 0.1) is 0 Å². The number of rotatable bonds is 2. The van der Waals surface area contributed by atoms with Crippen molar-refractivity contribution >= 4 is 33.4 Å². The van der Waals surface area contributed by atoms with Gasteiger partial charge in [-0.15, -0.1) is 11.3 Å². The van der Waals surface area contributed by atoms with Gasteiger partial charge in [-0.1, -0.05) is 0 Å². The van der Waals surface area contributed by atoms with Crippen LogP contribution >= 0.6 is 27.3 Å². The van der Waals surface area contributed by atoms with Gasteiger partial charge in [-0.05, 0) is 22.9 Å². The summed E-state index contributed by atoms with van der Waals surface area (Å²) in [6, 6.07) is 1.71. The third kappa shape index (κ3) is 2.83. The summed E-state index contributed by atoms with van der Waals surface area (Å²) in [7, 11) is 0. The Hall–Kier alpha value is -0.550. The van der Waals surface area contributed by atoms with E-state index in [0.717, 1.165) is 4.47 Å². The van der Waals surface area contributed by atoms with Crippen molar-refractivity contribution in [3.8, 4) is 5.06 Å². The Kier molecular flexibility index (Phi) is 3.55. The third-order valence-electron chi connectivity index (χ3n) is 0.990. The maximum atomic E-state index is 10.8. The number of thiophene rings is 1. The summed E-state index contributed by atoms with van der Waals surface area (Å²) in [5, 5.41) is 2.36. The second-order valence-corrected chi connectivity index (χ2v) is 3.66. The molecule has 0 saturated carbocycles. The predicted molar refractivity (Wildman–Crippen MR) is 49.7 cm³/mol. The minimum Gasteiger partial charge on any atom is -0.434 e. The van der Waals surface area contributed by atoms with E-state index in [1.54, 1.807) is 13.0 Å². The highest BCUT2D eigenvalue weighted by atomic mass is 79.9. The molecule has 5 heteroatoms. The largest absolute Gasteiger partial charge is 0.514 e. The van der Waals surface area contributed by atoms with Crippen molar-refractivity contribution in [1.82, 2.24) is 0 Å². The normalized spacial score (nSPS) is 9.50. The Bertz CT molecular complexity index is 271. The van der Waals surface area contributed by atoms with E-state index in [1.165, 1.54) is 11.3 Å². The molecule has 0 fully saturated rings. The van der Waals surface area contributed by atoms with Gasteiger partial charge in [-0.2, -0.15) is 0 Å². The first-order chi connectivity index (χ1) is 5.72. The van der Waals surface area contributed by atoms with Crippen LogP contribution in [0.3, 0.4) is 0 Å². The average Bonchev–Trinajstić information content (AvgIpc) is 2.36. The fraction of sp³-hybridized carbons (Fsp3) is 0.286. The van der Waals surface area contributed by atoms with E-state index in [4.69, 9.17) is 4.74 Å². The molecular weight excluding hydrogens is 244 g/mol. The van der Waals surface area contributed by atoms with Crippen LogP contribution in [-0.4, -0.2) is 12.8 Å². The van der Waals surface area contributed by atoms with Gasteiger partial charge in [0, 0.05) is 15.9 Å². The van der Waals surface area contributed by atoms with Crippen molar-refractivity contribution in [1.29, 1.82) is 0 Å². The summed E-state index contributed by atoms with van der Waals surface area (Å²) in [4.78, 5) is 10.8. The van der Waals surface area contributed by atoms with Crippen LogP contribution < -0.4 is 4.74 Å². The molecule has 1 rings (SSSR count). The van der Waals surface area contributed by atoms with Crippen LogP contribution in [-0.2, 0) is 4.74 Å². The lowest BCUT2D eigenvalue weighted by atomic mass is 10.6. The Labute approximate surface area is 82.4 Å². The predicted octanol–water partition coefficient (Wildman–Crippen LogP) is 3.05. The van der Waals surface area contributed by atoms with Gasteiger partial charge in [0.25, 0.3) is 0 Å². The zero-order chi connectivity index (χ0) is 8.97. The van der Waals surface area contributed by atoms with E-state index in [1.807, 2.05) is 5.38 Å². The summed E-state index contributed by atoms with van der Waals surface area (Å²) < 4.78 is 10.3. The number of hydrogen-bond acceptors (Lipinski definition) is 4. The smallest absolute Gasteiger partial charge is 0.434 e. The zero-order valence-corrected chi connectivity index (χ0v) is 8.78. The molecule has 0 radical (unpaired) electrons. The van der Waals surface area contributed by atoms with Crippen LogP contribution in [0.2, 0.25) is 0 Å². The minimum atomic E-state index is -0.660. The Balaban J connectivity index is 2.46. The fourth-order valence-electron chi connectivity index (χ4n) is 0.578. The highest BCUT2D eigenvalue weighted by molar-refractivity contribution is 9.10. The topological polar surface area (TPSA) is 35.5 Å². The molecule has 0 spiro atoms. The molecule has 1 aromatic rings. The first kappa shape index (κ1) is 9.54. The molecule has 0 saturated heterocycles. The van der Waals surface area contributed by atoms with Crippen LogP contribution in [0.15, 0.2) is 15.9 Å². The summed E-state index contributed by atoms with van der Waals surface area (Å²) in [5.74, 6) is 0. The molecule has 0 atom stereocenters. The van der Waals surface area contributed by atoms with Gasteiger partial charge >= 0.3 is 6.16 Å². The van der Waals surface area contributed by atoms with Gasteiger partial charge in [-0.3, -0.25) is 0 Å². The summed E-state index contributed by atoms with van der Waals surface area (Å²) >= 11 is 4.57. The molecular formula is C7H7BrO3S. The van der Waals surface area contributed by atoms with Gasteiger partial charge in [0.15, 0.2) is 5.06 Å². The van der Waals surface area contributed by atoms with E-state index in [9.17, 15) is 4.79 Å². The lowest BCUT2D eigenvalue weighted by Gasteiger charge is -1.99. The highest BCUT2D eigenvalue weighted by Crippen LogP contribution is 2.26. The van der Waals surface area contributed by atoms with Crippen LogP contribution in [0.4, 0.5) is 4.79 Å². The first-order valence-corrected chi connectivity index (χ1v) is 4.98.